The van der Waals surface area contributed by atoms with Crippen LogP contribution in [0.25, 0.3) is 0 Å². The van der Waals surface area contributed by atoms with Gasteiger partial charge in [-0.2, -0.15) is 0 Å². The summed E-state index contributed by atoms with van der Waals surface area (Å²) < 4.78 is 0. The summed E-state index contributed by atoms with van der Waals surface area (Å²) in [6, 6.07) is 7.07. The molecule has 1 amide bonds. The summed E-state index contributed by atoms with van der Waals surface area (Å²) in [6.07, 6.45) is 2.92. The number of hydrogen-bond donors (Lipinski definition) is 2. The first-order valence-corrected chi connectivity index (χ1v) is 4.67. The minimum Gasteiger partial charge on any atom is -0.389 e. The fourth-order valence-electron chi connectivity index (χ4n) is 1.28. The fraction of sp³-hybridized carbons (Fsp3) is 0.167. The number of nitrogens with two attached hydrogens (primary N) is 1. The van der Waals surface area contributed by atoms with E-state index in [4.69, 9.17) is 5.73 Å². The van der Waals surface area contributed by atoms with Crippen molar-refractivity contribution >= 4 is 5.91 Å². The van der Waals surface area contributed by atoms with Crippen molar-refractivity contribution in [2.24, 2.45) is 5.73 Å². The van der Waals surface area contributed by atoms with E-state index in [1.54, 1.807) is 18.6 Å². The molecule has 0 aliphatic rings. The average Bonchev–Trinajstić information content (AvgIpc) is 2.26. The molecular weight excluding hydrogens is 190 g/mol. The van der Waals surface area contributed by atoms with Crippen LogP contribution in [0.4, 0.5) is 0 Å². The predicted molar refractivity (Wildman–Crippen MR) is 59.2 cm³/mol. The molecule has 0 aromatic heterocycles. The van der Waals surface area contributed by atoms with E-state index < -0.39 is 12.0 Å². The molecule has 0 aliphatic heterocycles. The number of carbonyl (C=O) groups is 1. The Morgan fingerprint density at radius 1 is 1.53 bits per heavy atom. The predicted octanol–water partition coefficient (Wildman–Crippen LogP) is 1.08. The van der Waals surface area contributed by atoms with Crippen LogP contribution in [0.3, 0.4) is 0 Å². The highest BCUT2D eigenvalue weighted by molar-refractivity contribution is 5.94. The lowest BCUT2D eigenvalue weighted by Crippen LogP contribution is -2.14. The highest BCUT2D eigenvalue weighted by Gasteiger charge is 2.08. The van der Waals surface area contributed by atoms with Crippen LogP contribution >= 0.6 is 0 Å². The molecule has 1 radical (unpaired) electrons. The van der Waals surface area contributed by atoms with Gasteiger partial charge < -0.3 is 10.8 Å². The van der Waals surface area contributed by atoms with E-state index in [0.29, 0.717) is 12.0 Å². The van der Waals surface area contributed by atoms with Crippen LogP contribution in [0.5, 0.6) is 0 Å². The maximum Gasteiger partial charge on any atom is 0.248 e. The van der Waals surface area contributed by atoms with Crippen LogP contribution in [-0.4, -0.2) is 17.1 Å². The summed E-state index contributed by atoms with van der Waals surface area (Å²) in [5.41, 5.74) is 6.52. The number of benzene rings is 1. The second-order valence-electron chi connectivity index (χ2n) is 3.19. The van der Waals surface area contributed by atoms with Gasteiger partial charge in [-0.05, 0) is 24.5 Å². The van der Waals surface area contributed by atoms with Crippen molar-refractivity contribution in [3.05, 3.63) is 54.5 Å². The van der Waals surface area contributed by atoms with Crippen LogP contribution in [0.1, 0.15) is 15.9 Å². The topological polar surface area (TPSA) is 63.3 Å². The Morgan fingerprint density at radius 2 is 2.20 bits per heavy atom. The van der Waals surface area contributed by atoms with Gasteiger partial charge in [0.05, 0.1) is 6.10 Å². The molecular formula is C12H14NO2. The number of hydrogen-bond acceptors (Lipinski definition) is 2. The quantitative estimate of drug-likeness (QED) is 0.705. The van der Waals surface area contributed by atoms with Gasteiger partial charge in [0, 0.05) is 5.56 Å². The summed E-state index contributed by atoms with van der Waals surface area (Å²) in [7, 11) is 0. The van der Waals surface area contributed by atoms with Gasteiger partial charge in [-0.1, -0.05) is 24.3 Å². The lowest BCUT2D eigenvalue weighted by Gasteiger charge is -2.07. The monoisotopic (exact) mass is 204 g/mol. The van der Waals surface area contributed by atoms with Gasteiger partial charge in [0.2, 0.25) is 5.91 Å². The molecule has 79 valence electrons. The van der Waals surface area contributed by atoms with Crippen LogP contribution in [-0.2, 0) is 6.42 Å². The molecule has 1 atom stereocenters. The first kappa shape index (κ1) is 11.5. The molecule has 3 nitrogen and oxygen atoms in total. The molecule has 0 aliphatic carbocycles. The van der Waals surface area contributed by atoms with Gasteiger partial charge >= 0.3 is 0 Å². The molecule has 1 aromatic rings. The fourth-order valence-corrected chi connectivity index (χ4v) is 1.28. The third-order valence-electron chi connectivity index (χ3n) is 2.10. The summed E-state index contributed by atoms with van der Waals surface area (Å²) in [5.74, 6) is -0.452. The number of carbonyl (C=O) groups excluding carboxylic acids is 1. The van der Waals surface area contributed by atoms with Crippen molar-refractivity contribution in [2.45, 2.75) is 12.5 Å². The molecule has 1 aromatic carbocycles. The van der Waals surface area contributed by atoms with Gasteiger partial charge in [0.1, 0.15) is 0 Å². The van der Waals surface area contributed by atoms with E-state index in [1.165, 1.54) is 6.08 Å². The third-order valence-corrected chi connectivity index (χ3v) is 2.10. The van der Waals surface area contributed by atoms with Gasteiger partial charge in [0.15, 0.2) is 0 Å². The van der Waals surface area contributed by atoms with Gasteiger partial charge in [0.25, 0.3) is 0 Å². The molecule has 3 N–H and O–H groups in total. The summed E-state index contributed by atoms with van der Waals surface area (Å²) in [6.45, 7) is 3.46. The Bertz CT molecular complexity index is 360. The van der Waals surface area contributed by atoms with Crippen LogP contribution in [0.2, 0.25) is 0 Å². The van der Waals surface area contributed by atoms with E-state index in [1.807, 2.05) is 12.1 Å². The van der Waals surface area contributed by atoms with E-state index in [2.05, 4.69) is 6.58 Å². The molecule has 1 rings (SSSR count). The zero-order valence-electron chi connectivity index (χ0n) is 8.39. The molecule has 0 fully saturated rings. The third kappa shape index (κ3) is 3.22. The van der Waals surface area contributed by atoms with Crippen molar-refractivity contribution in [3.8, 4) is 0 Å². The van der Waals surface area contributed by atoms with E-state index >= 15 is 0 Å². The largest absolute Gasteiger partial charge is 0.389 e. The summed E-state index contributed by atoms with van der Waals surface area (Å²) in [5, 5.41) is 9.26. The highest BCUT2D eigenvalue weighted by Crippen LogP contribution is 2.11. The molecule has 0 heterocycles. The van der Waals surface area contributed by atoms with Gasteiger partial charge in [-0.25, -0.2) is 0 Å². The van der Waals surface area contributed by atoms with Gasteiger partial charge in [-0.15, -0.1) is 6.58 Å². The van der Waals surface area contributed by atoms with Crippen LogP contribution < -0.4 is 5.73 Å². The van der Waals surface area contributed by atoms with Crippen molar-refractivity contribution in [2.75, 3.05) is 0 Å². The lowest BCUT2D eigenvalue weighted by molar-refractivity contribution is 0.0999. The standard InChI is InChI=1S/C12H14NO2/c1-2-10(14)8-7-9-5-3-4-6-11(9)12(13)15/h2-6,8,10,14H,1,7H2,(H2,13,15). The number of aliphatic hydroxyl groups excluding tert-OH is 1. The first-order chi connectivity index (χ1) is 7.15. The van der Waals surface area contributed by atoms with Crippen molar-refractivity contribution in [1.82, 2.24) is 0 Å². The minimum absolute atomic E-state index is 0.452. The molecule has 3 heteroatoms. The Labute approximate surface area is 89.2 Å². The summed E-state index contributed by atoms with van der Waals surface area (Å²) in [4.78, 5) is 11.1. The maximum atomic E-state index is 11.1. The smallest absolute Gasteiger partial charge is 0.248 e. The van der Waals surface area contributed by atoms with E-state index in [0.717, 1.165) is 5.56 Å². The molecule has 1 unspecified atom stereocenters. The highest BCUT2D eigenvalue weighted by atomic mass is 16.3. The molecule has 0 saturated carbocycles. The number of rotatable bonds is 5. The average molecular weight is 204 g/mol. The van der Waals surface area contributed by atoms with Crippen LogP contribution in [0, 0.1) is 6.42 Å². The van der Waals surface area contributed by atoms with Crippen molar-refractivity contribution < 1.29 is 9.90 Å². The molecule has 0 spiro atoms. The van der Waals surface area contributed by atoms with Crippen molar-refractivity contribution in [3.63, 3.8) is 0 Å². The SMILES string of the molecule is C=CC(O)[CH]Cc1ccccc1C(N)=O. The van der Waals surface area contributed by atoms with E-state index in [-0.39, 0.29) is 0 Å². The van der Waals surface area contributed by atoms with E-state index in [9.17, 15) is 9.90 Å². The lowest BCUT2D eigenvalue weighted by atomic mass is 10.0. The Hall–Kier alpha value is -1.61. The number of primary amides is 1. The zero-order chi connectivity index (χ0) is 11.3. The van der Waals surface area contributed by atoms with Crippen LogP contribution in [0.15, 0.2) is 36.9 Å². The zero-order valence-corrected chi connectivity index (χ0v) is 8.39. The molecule has 0 bridgehead atoms. The Kier molecular flexibility index (Phi) is 4.06. The summed E-state index contributed by atoms with van der Waals surface area (Å²) >= 11 is 0. The maximum absolute atomic E-state index is 11.1. The van der Waals surface area contributed by atoms with Gasteiger partial charge in [-0.3, -0.25) is 4.79 Å². The normalized spacial score (nSPS) is 12.1. The second kappa shape index (κ2) is 5.32. The van der Waals surface area contributed by atoms with Crippen molar-refractivity contribution in [1.29, 1.82) is 0 Å². The molecule has 15 heavy (non-hydrogen) atoms. The second-order valence-corrected chi connectivity index (χ2v) is 3.19. The minimum atomic E-state index is -0.661. The Morgan fingerprint density at radius 3 is 2.80 bits per heavy atom. The number of amides is 1. The first-order valence-electron chi connectivity index (χ1n) is 4.67. The molecule has 0 saturated heterocycles. The number of aliphatic hydroxyl groups is 1. The Balaban J connectivity index is 2.76.